The third-order valence-corrected chi connectivity index (χ3v) is 16.9. The van der Waals surface area contributed by atoms with Crippen molar-refractivity contribution in [3.63, 3.8) is 0 Å². The lowest BCUT2D eigenvalue weighted by atomic mass is 9.32. The van der Waals surface area contributed by atoms with Crippen molar-refractivity contribution >= 4 is 78.5 Å². The summed E-state index contributed by atoms with van der Waals surface area (Å²) in [5.41, 5.74) is -52.6. The Hall–Kier alpha value is -8.94. The third-order valence-electron chi connectivity index (χ3n) is 16.9. The van der Waals surface area contributed by atoms with Gasteiger partial charge in [0.05, 0.1) is 61.2 Å². The molecule has 10 aromatic rings. The first kappa shape index (κ1) is 74.7. The molecule has 0 saturated carbocycles. The zero-order chi connectivity index (χ0) is 75.5. The molecular formula is C66H31B2F33. The average molecular weight is 1470 g/mol. The maximum absolute atomic E-state index is 16.0. The summed E-state index contributed by atoms with van der Waals surface area (Å²) < 4.78 is 515. The lowest BCUT2D eigenvalue weighted by molar-refractivity contribution is -0.149. The van der Waals surface area contributed by atoms with E-state index in [1.54, 1.807) is 0 Å². The van der Waals surface area contributed by atoms with Crippen LogP contribution in [0.2, 0.25) is 0 Å². The van der Waals surface area contributed by atoms with Crippen molar-refractivity contribution in [2.24, 2.45) is 0 Å². The topological polar surface area (TPSA) is 0 Å². The first-order valence-corrected chi connectivity index (χ1v) is 28.2. The van der Waals surface area contributed by atoms with Crippen molar-refractivity contribution in [3.8, 4) is 22.3 Å². The first-order valence-electron chi connectivity index (χ1n) is 28.2. The fourth-order valence-corrected chi connectivity index (χ4v) is 13.1. The SMILES string of the molecule is Cc1cc(C(F)(F)F)c(B(c2c(C)cc(C(F)(F)F)cc2C(F)(F)F)c2cc(-c3ccccc3C)c3ccc4c(-c5ccccc5C(F)(F)F)cc(B(c5c(C(F)(F)F)cc(C(F)(F)F)cc5C(F)(F)F)c5c(C(F)(F)F)cc(C(F)(F)F)cc5C(F)(F)F)c5ccc2c3c54)c(C(F)(F)F)c1. The van der Waals surface area contributed by atoms with E-state index in [1.165, 1.54) is 19.1 Å². The van der Waals surface area contributed by atoms with Gasteiger partial charge < -0.3 is 0 Å². The quantitative estimate of drug-likeness (QED) is 0.0808. The van der Waals surface area contributed by atoms with Gasteiger partial charge in [-0.05, 0) is 157 Å². The van der Waals surface area contributed by atoms with Crippen LogP contribution < -0.4 is 32.8 Å². The van der Waals surface area contributed by atoms with Crippen molar-refractivity contribution < 1.29 is 145 Å². The molecule has 0 heterocycles. The monoisotopic (exact) mass is 1470 g/mol. The van der Waals surface area contributed by atoms with E-state index in [1.807, 2.05) is 0 Å². The summed E-state index contributed by atoms with van der Waals surface area (Å²) in [6.45, 7) is -5.97. The molecule has 0 nitrogen and oxygen atoms in total. The molecular weight excluding hydrogens is 1440 g/mol. The normalized spacial score (nSPS) is 13.7. The van der Waals surface area contributed by atoms with Crippen molar-refractivity contribution in [2.75, 3.05) is 0 Å². The van der Waals surface area contributed by atoms with E-state index in [4.69, 9.17) is 0 Å². The summed E-state index contributed by atoms with van der Waals surface area (Å²) in [6.07, 6.45) is -71.0. The number of aryl methyl sites for hydroxylation is 3. The molecule has 0 aliphatic rings. The van der Waals surface area contributed by atoms with Crippen LogP contribution in [0.1, 0.15) is 77.9 Å². The molecule has 0 bridgehead atoms. The second-order valence-corrected chi connectivity index (χ2v) is 23.3. The van der Waals surface area contributed by atoms with Crippen LogP contribution in [0.15, 0.2) is 133 Å². The first-order chi connectivity index (χ1) is 45.8. The van der Waals surface area contributed by atoms with Crippen molar-refractivity contribution in [1.82, 2.24) is 0 Å². The van der Waals surface area contributed by atoms with Crippen LogP contribution in [0.5, 0.6) is 0 Å². The Labute approximate surface area is 544 Å². The Kier molecular flexibility index (Phi) is 17.8. The lowest BCUT2D eigenvalue weighted by Gasteiger charge is -2.32. The highest BCUT2D eigenvalue weighted by Crippen LogP contribution is 2.50. The van der Waals surface area contributed by atoms with Crippen LogP contribution in [0.25, 0.3) is 54.6 Å². The van der Waals surface area contributed by atoms with Crippen LogP contribution in [0.3, 0.4) is 0 Å². The Morgan fingerprint density at radius 2 is 0.485 bits per heavy atom. The van der Waals surface area contributed by atoms with Gasteiger partial charge in [0, 0.05) is 0 Å². The van der Waals surface area contributed by atoms with Crippen LogP contribution in [-0.4, -0.2) is 13.4 Å². The molecule has 10 aromatic carbocycles. The molecule has 0 aromatic heterocycles. The number of halogens is 33. The van der Waals surface area contributed by atoms with E-state index >= 15 is 105 Å². The fourth-order valence-electron chi connectivity index (χ4n) is 13.1. The fraction of sp³-hybridized carbons (Fsp3) is 0.212. The molecule has 0 aliphatic heterocycles. The highest BCUT2D eigenvalue weighted by Gasteiger charge is 2.55. The molecule has 35 heteroatoms. The van der Waals surface area contributed by atoms with Gasteiger partial charge in [-0.25, -0.2) is 0 Å². The largest absolute Gasteiger partial charge is 0.417 e. The number of hydrogen-bond acceptors (Lipinski definition) is 0. The molecule has 0 aliphatic carbocycles. The highest BCUT2D eigenvalue weighted by atomic mass is 19.5. The van der Waals surface area contributed by atoms with Crippen LogP contribution in [0.4, 0.5) is 145 Å². The van der Waals surface area contributed by atoms with Gasteiger partial charge in [-0.3, -0.25) is 0 Å². The van der Waals surface area contributed by atoms with E-state index in [0.29, 0.717) is 44.2 Å². The number of benzene rings is 10. The van der Waals surface area contributed by atoms with Gasteiger partial charge in [0.15, 0.2) is 0 Å². The molecule has 101 heavy (non-hydrogen) atoms. The van der Waals surface area contributed by atoms with Gasteiger partial charge in [0.25, 0.3) is 0 Å². The predicted molar refractivity (Wildman–Crippen MR) is 305 cm³/mol. The lowest BCUT2D eigenvalue weighted by Crippen LogP contribution is -2.60. The molecule has 0 fully saturated rings. The summed E-state index contributed by atoms with van der Waals surface area (Å²) in [5.74, 6) is 0. The third kappa shape index (κ3) is 13.8. The summed E-state index contributed by atoms with van der Waals surface area (Å²) in [7, 11) is 0. The molecule has 532 valence electrons. The second-order valence-electron chi connectivity index (χ2n) is 23.3. The van der Waals surface area contributed by atoms with Gasteiger partial charge in [-0.2, -0.15) is 145 Å². The van der Waals surface area contributed by atoms with Gasteiger partial charge in [0.2, 0.25) is 13.4 Å². The minimum atomic E-state index is -6.94. The Morgan fingerprint density at radius 1 is 0.218 bits per heavy atom. The molecule has 0 amide bonds. The second kappa shape index (κ2) is 24.1. The Morgan fingerprint density at radius 3 is 0.812 bits per heavy atom. The minimum absolute atomic E-state index is 0.0590. The average Bonchev–Trinajstić information content (AvgIpc) is 0.693. The number of rotatable bonds is 8. The highest BCUT2D eigenvalue weighted by molar-refractivity contribution is 6.99. The number of hydrogen-bond donors (Lipinski definition) is 0. The maximum Gasteiger partial charge on any atom is 0.417 e. The van der Waals surface area contributed by atoms with Gasteiger partial charge in [-0.1, -0.05) is 101 Å². The molecule has 0 spiro atoms. The zero-order valence-corrected chi connectivity index (χ0v) is 49.8. The van der Waals surface area contributed by atoms with E-state index < -0.39 is 266 Å². The Bertz CT molecular complexity index is 4720. The van der Waals surface area contributed by atoms with Crippen molar-refractivity contribution in [2.45, 2.75) is 88.7 Å². The van der Waals surface area contributed by atoms with Gasteiger partial charge in [0.1, 0.15) is 0 Å². The van der Waals surface area contributed by atoms with Crippen LogP contribution in [0, 0.1) is 20.8 Å². The predicted octanol–water partition coefficient (Wildman–Crippen LogP) is 21.1. The summed E-state index contributed by atoms with van der Waals surface area (Å²) in [6, 6.07) is 2.41. The number of alkyl halides is 33. The van der Waals surface area contributed by atoms with Crippen LogP contribution >= 0.6 is 0 Å². The van der Waals surface area contributed by atoms with E-state index in [9.17, 15) is 39.5 Å². The molecule has 0 unspecified atom stereocenters. The van der Waals surface area contributed by atoms with E-state index in [2.05, 4.69) is 0 Å². The smallest absolute Gasteiger partial charge is 0.166 e. The van der Waals surface area contributed by atoms with E-state index in [-0.39, 0.29) is 53.6 Å². The van der Waals surface area contributed by atoms with Gasteiger partial charge >= 0.3 is 67.9 Å². The molecule has 0 atom stereocenters. The molecule has 10 rings (SSSR count). The minimum Gasteiger partial charge on any atom is -0.166 e. The van der Waals surface area contributed by atoms with Crippen molar-refractivity contribution in [3.05, 3.63) is 211 Å². The molecule has 0 radical (unpaired) electrons. The summed E-state index contributed by atoms with van der Waals surface area (Å²) in [5, 5.41) is -6.95. The molecule has 0 saturated heterocycles. The van der Waals surface area contributed by atoms with Gasteiger partial charge in [-0.15, -0.1) is 0 Å². The Balaban J connectivity index is 1.62. The summed E-state index contributed by atoms with van der Waals surface area (Å²) in [4.78, 5) is 0. The zero-order valence-electron chi connectivity index (χ0n) is 49.8. The maximum atomic E-state index is 16.0. The summed E-state index contributed by atoms with van der Waals surface area (Å²) >= 11 is 0. The van der Waals surface area contributed by atoms with E-state index in [0.717, 1.165) is 18.2 Å². The van der Waals surface area contributed by atoms with Crippen molar-refractivity contribution in [1.29, 1.82) is 0 Å². The van der Waals surface area contributed by atoms with Crippen LogP contribution in [-0.2, 0) is 67.9 Å². The standard InChI is InChI=1S/C66H31B2F33/c1-26-16-41(60(81,82)83)53(42(17-26)61(84,85)86)67(52-28(3)18-29(56(69,70)71)19-43(52)62(87,88)89)48-24-38(32-9-5-4-8-27(32)2)34-12-13-35-39(33-10-6-7-11-40(33)59(78,79)80)25-49(37-15-14-36(48)50(34)51(35)37)68(54-44(63(90,91)92)20-30(57(72,73)74)21-45(54)64(93,94)95)55-46(65(96,97)98)22-31(58(75,76)77)23-47(55)66(99,100)101/h4-25H,1-3H3. The molecule has 0 N–H and O–H groups in total.